The maximum atomic E-state index is 12.4. The number of nitrogens with zero attached hydrogens (tertiary/aromatic N) is 2. The van der Waals surface area contributed by atoms with Gasteiger partial charge in [0, 0.05) is 36.1 Å². The minimum Gasteiger partial charge on any atom is -0.355 e. The molecule has 1 saturated heterocycles. The molecule has 0 radical (unpaired) electrons. The molecule has 4 rings (SSSR count). The molecule has 0 bridgehead atoms. The van der Waals surface area contributed by atoms with Crippen LogP contribution in [0.4, 0.5) is 16.2 Å². The van der Waals surface area contributed by atoms with E-state index in [1.807, 2.05) is 35.2 Å². The molecule has 34 heavy (non-hydrogen) atoms. The van der Waals surface area contributed by atoms with Gasteiger partial charge in [-0.3, -0.25) is 9.59 Å². The van der Waals surface area contributed by atoms with Gasteiger partial charge in [-0.05, 0) is 37.1 Å². The van der Waals surface area contributed by atoms with Crippen molar-refractivity contribution in [3.8, 4) is 11.3 Å². The third-order valence-corrected chi connectivity index (χ3v) is 5.52. The van der Waals surface area contributed by atoms with E-state index in [9.17, 15) is 14.4 Å². The van der Waals surface area contributed by atoms with E-state index in [-0.39, 0.29) is 24.2 Å². The fraction of sp³-hybridized carbons (Fsp3) is 0.280. The second-order valence-electron chi connectivity index (χ2n) is 8.08. The summed E-state index contributed by atoms with van der Waals surface area (Å²) >= 11 is 0. The third-order valence-electron chi connectivity index (χ3n) is 5.52. The van der Waals surface area contributed by atoms with Crippen LogP contribution < -0.4 is 16.0 Å². The Hall–Kier alpha value is -4.14. The summed E-state index contributed by atoms with van der Waals surface area (Å²) in [6, 6.07) is 17.6. The number of carbonyl (C=O) groups excluding carboxylic acids is 3. The lowest BCUT2D eigenvalue weighted by atomic mass is 10.1. The van der Waals surface area contributed by atoms with Gasteiger partial charge in [-0.1, -0.05) is 48.3 Å². The van der Waals surface area contributed by atoms with Crippen molar-refractivity contribution in [1.82, 2.24) is 15.4 Å². The number of hydrogen-bond donors (Lipinski definition) is 3. The highest BCUT2D eigenvalue weighted by atomic mass is 16.5. The molecule has 1 fully saturated rings. The van der Waals surface area contributed by atoms with Gasteiger partial charge in [-0.15, -0.1) is 0 Å². The van der Waals surface area contributed by atoms with Crippen molar-refractivity contribution in [2.24, 2.45) is 0 Å². The van der Waals surface area contributed by atoms with Gasteiger partial charge in [0.25, 0.3) is 5.91 Å². The van der Waals surface area contributed by atoms with Crippen LogP contribution in [-0.4, -0.2) is 47.5 Å². The van der Waals surface area contributed by atoms with Crippen LogP contribution in [0.2, 0.25) is 0 Å². The Balaban J connectivity index is 1.23. The normalized spacial score (nSPS) is 13.6. The minimum absolute atomic E-state index is 0.0937. The Morgan fingerprint density at radius 3 is 2.18 bits per heavy atom. The van der Waals surface area contributed by atoms with Gasteiger partial charge < -0.3 is 25.4 Å². The van der Waals surface area contributed by atoms with E-state index in [2.05, 4.69) is 21.1 Å². The van der Waals surface area contributed by atoms with E-state index in [0.29, 0.717) is 17.1 Å². The lowest BCUT2D eigenvalue weighted by Crippen LogP contribution is -2.35. The van der Waals surface area contributed by atoms with Crippen molar-refractivity contribution in [3.05, 3.63) is 66.4 Å². The smallest absolute Gasteiger partial charge is 0.321 e. The Kier molecular flexibility index (Phi) is 7.54. The van der Waals surface area contributed by atoms with Crippen molar-refractivity contribution >= 4 is 29.2 Å². The molecule has 0 saturated carbocycles. The van der Waals surface area contributed by atoms with Crippen molar-refractivity contribution < 1.29 is 18.9 Å². The van der Waals surface area contributed by atoms with Crippen LogP contribution in [-0.2, 0) is 4.79 Å². The number of amides is 4. The predicted octanol–water partition coefficient (Wildman–Crippen LogP) is 4.12. The van der Waals surface area contributed by atoms with E-state index < -0.39 is 5.91 Å². The Morgan fingerprint density at radius 2 is 1.50 bits per heavy atom. The van der Waals surface area contributed by atoms with Crippen LogP contribution in [0.5, 0.6) is 0 Å². The Morgan fingerprint density at radius 1 is 0.853 bits per heavy atom. The van der Waals surface area contributed by atoms with Crippen molar-refractivity contribution in [2.45, 2.75) is 25.7 Å². The van der Waals surface area contributed by atoms with E-state index >= 15 is 0 Å². The maximum absolute atomic E-state index is 12.4. The van der Waals surface area contributed by atoms with E-state index in [0.717, 1.165) is 44.3 Å². The van der Waals surface area contributed by atoms with Crippen LogP contribution in [0.3, 0.4) is 0 Å². The number of rotatable bonds is 6. The molecule has 3 aromatic rings. The highest BCUT2D eigenvalue weighted by Crippen LogP contribution is 2.20. The molecule has 2 aromatic carbocycles. The van der Waals surface area contributed by atoms with Crippen LogP contribution in [0.15, 0.2) is 65.2 Å². The summed E-state index contributed by atoms with van der Waals surface area (Å²) in [6.45, 7) is 1.32. The first-order chi connectivity index (χ1) is 16.6. The zero-order chi connectivity index (χ0) is 23.8. The fourth-order valence-corrected chi connectivity index (χ4v) is 3.69. The van der Waals surface area contributed by atoms with Crippen molar-refractivity contribution in [3.63, 3.8) is 0 Å². The molecular formula is C25H27N5O4. The summed E-state index contributed by atoms with van der Waals surface area (Å²) in [5, 5.41) is 11.9. The second-order valence-corrected chi connectivity index (χ2v) is 8.08. The quantitative estimate of drug-likeness (QED) is 0.511. The molecule has 4 amide bonds. The maximum Gasteiger partial charge on any atom is 0.321 e. The molecule has 1 aliphatic heterocycles. The number of hydrogen-bond acceptors (Lipinski definition) is 5. The molecule has 0 atom stereocenters. The largest absolute Gasteiger partial charge is 0.355 e. The number of anilines is 2. The van der Waals surface area contributed by atoms with Gasteiger partial charge in [0.1, 0.15) is 0 Å². The van der Waals surface area contributed by atoms with Gasteiger partial charge in [-0.25, -0.2) is 4.79 Å². The zero-order valence-corrected chi connectivity index (χ0v) is 18.8. The standard InChI is InChI=1S/C25H27N5O4/c31-23(17-26-24(32)21-16-22(34-29-21)18-8-4-3-5-9-18)27-19-10-12-20(13-11-19)28-25(33)30-14-6-1-2-7-15-30/h3-5,8-13,16H,1-2,6-7,14-15,17H2,(H,26,32)(H,27,31)(H,28,33). The van der Waals surface area contributed by atoms with Gasteiger partial charge in [0.15, 0.2) is 11.5 Å². The molecule has 9 nitrogen and oxygen atoms in total. The topological polar surface area (TPSA) is 117 Å². The summed E-state index contributed by atoms with van der Waals surface area (Å²) in [6.07, 6.45) is 4.37. The SMILES string of the molecule is O=C(CNC(=O)c1cc(-c2ccccc2)on1)Nc1ccc(NC(=O)N2CCCCCC2)cc1. The van der Waals surface area contributed by atoms with Gasteiger partial charge >= 0.3 is 6.03 Å². The number of benzene rings is 2. The summed E-state index contributed by atoms with van der Waals surface area (Å²) in [7, 11) is 0. The molecule has 0 aliphatic carbocycles. The lowest BCUT2D eigenvalue weighted by molar-refractivity contribution is -0.115. The average molecular weight is 462 g/mol. The molecule has 176 valence electrons. The molecule has 2 heterocycles. The number of aromatic nitrogens is 1. The first-order valence-electron chi connectivity index (χ1n) is 11.3. The first-order valence-corrected chi connectivity index (χ1v) is 11.3. The molecule has 1 aliphatic rings. The lowest BCUT2D eigenvalue weighted by Gasteiger charge is -2.20. The van der Waals surface area contributed by atoms with E-state index in [1.54, 1.807) is 24.3 Å². The number of likely N-dealkylation sites (tertiary alicyclic amines) is 1. The Bertz CT molecular complexity index is 1120. The molecular weight excluding hydrogens is 434 g/mol. The average Bonchev–Trinajstić information content (AvgIpc) is 3.20. The van der Waals surface area contributed by atoms with Crippen LogP contribution >= 0.6 is 0 Å². The molecule has 1 aromatic heterocycles. The number of urea groups is 1. The van der Waals surface area contributed by atoms with Crippen molar-refractivity contribution in [1.29, 1.82) is 0 Å². The molecule has 3 N–H and O–H groups in total. The van der Waals surface area contributed by atoms with Gasteiger partial charge in [0.2, 0.25) is 5.91 Å². The summed E-state index contributed by atoms with van der Waals surface area (Å²) in [5.74, 6) is -0.424. The summed E-state index contributed by atoms with van der Waals surface area (Å²) < 4.78 is 5.21. The molecule has 0 spiro atoms. The molecule has 9 heteroatoms. The van der Waals surface area contributed by atoms with E-state index in [4.69, 9.17) is 4.52 Å². The van der Waals surface area contributed by atoms with Gasteiger partial charge in [0.05, 0.1) is 6.54 Å². The third kappa shape index (κ3) is 6.22. The minimum atomic E-state index is -0.507. The number of carbonyl (C=O) groups is 3. The summed E-state index contributed by atoms with van der Waals surface area (Å²) in [4.78, 5) is 38.8. The zero-order valence-electron chi connectivity index (χ0n) is 18.8. The monoisotopic (exact) mass is 461 g/mol. The van der Waals surface area contributed by atoms with Crippen LogP contribution in [0, 0.1) is 0 Å². The summed E-state index contributed by atoms with van der Waals surface area (Å²) in [5.41, 5.74) is 2.11. The van der Waals surface area contributed by atoms with Gasteiger partial charge in [-0.2, -0.15) is 0 Å². The van der Waals surface area contributed by atoms with Crippen molar-refractivity contribution in [2.75, 3.05) is 30.3 Å². The van der Waals surface area contributed by atoms with Crippen LogP contribution in [0.25, 0.3) is 11.3 Å². The van der Waals surface area contributed by atoms with E-state index in [1.165, 1.54) is 6.07 Å². The first kappa shape index (κ1) is 23.0. The number of nitrogens with one attached hydrogen (secondary N) is 3. The predicted molar refractivity (Wildman–Crippen MR) is 128 cm³/mol. The highest BCUT2D eigenvalue weighted by molar-refractivity contribution is 5.99. The second kappa shape index (κ2) is 11.1. The Labute approximate surface area is 197 Å². The molecule has 0 unspecified atom stereocenters. The fourth-order valence-electron chi connectivity index (χ4n) is 3.69. The highest BCUT2D eigenvalue weighted by Gasteiger charge is 2.16. The van der Waals surface area contributed by atoms with Crippen LogP contribution in [0.1, 0.15) is 36.2 Å².